The SMILES string of the molecule is CCCn1cncc1CNCCC(C)SC. The molecule has 4 heteroatoms. The standard InChI is InChI=1S/C12H23N3S/c1-4-7-15-10-14-9-12(15)8-13-6-5-11(2)16-3/h9-11,13H,4-8H2,1-3H3. The minimum absolute atomic E-state index is 0.744. The van der Waals surface area contributed by atoms with E-state index in [1.807, 2.05) is 24.3 Å². The first-order valence-electron chi connectivity index (χ1n) is 6.00. The van der Waals surface area contributed by atoms with Crippen molar-refractivity contribution >= 4 is 11.8 Å². The molecule has 0 spiro atoms. The second kappa shape index (κ2) is 7.74. The predicted octanol–water partition coefficient (Wildman–Crippen LogP) is 2.52. The zero-order chi connectivity index (χ0) is 11.8. The lowest BCUT2D eigenvalue weighted by Crippen LogP contribution is -2.19. The molecule has 0 aliphatic heterocycles. The summed E-state index contributed by atoms with van der Waals surface area (Å²) in [6.45, 7) is 7.55. The van der Waals surface area contributed by atoms with E-state index in [0.717, 1.165) is 31.3 Å². The fourth-order valence-electron chi connectivity index (χ4n) is 1.58. The Balaban J connectivity index is 2.23. The number of nitrogens with zero attached hydrogens (tertiary/aromatic N) is 2. The minimum atomic E-state index is 0.744. The maximum absolute atomic E-state index is 4.19. The van der Waals surface area contributed by atoms with Crippen molar-refractivity contribution < 1.29 is 0 Å². The molecule has 16 heavy (non-hydrogen) atoms. The molecule has 3 nitrogen and oxygen atoms in total. The molecule has 1 heterocycles. The van der Waals surface area contributed by atoms with Gasteiger partial charge in [-0.3, -0.25) is 0 Å². The van der Waals surface area contributed by atoms with E-state index in [1.165, 1.54) is 12.1 Å². The Hall–Kier alpha value is -0.480. The van der Waals surface area contributed by atoms with E-state index in [2.05, 4.69) is 35.0 Å². The molecule has 92 valence electrons. The van der Waals surface area contributed by atoms with Gasteiger partial charge in [0.2, 0.25) is 0 Å². The molecular formula is C12H23N3S. The largest absolute Gasteiger partial charge is 0.333 e. The van der Waals surface area contributed by atoms with Crippen LogP contribution in [0.5, 0.6) is 0 Å². The molecule has 0 saturated carbocycles. The Morgan fingerprint density at radius 2 is 2.38 bits per heavy atom. The van der Waals surface area contributed by atoms with E-state index >= 15 is 0 Å². The van der Waals surface area contributed by atoms with Gasteiger partial charge in [-0.15, -0.1) is 0 Å². The summed E-state index contributed by atoms with van der Waals surface area (Å²) in [5.74, 6) is 0. The summed E-state index contributed by atoms with van der Waals surface area (Å²) in [6, 6.07) is 0. The van der Waals surface area contributed by atoms with Gasteiger partial charge in [-0.05, 0) is 25.6 Å². The van der Waals surface area contributed by atoms with Crippen LogP contribution in [0.4, 0.5) is 0 Å². The topological polar surface area (TPSA) is 29.9 Å². The van der Waals surface area contributed by atoms with Gasteiger partial charge in [0.05, 0.1) is 12.0 Å². The fraction of sp³-hybridized carbons (Fsp3) is 0.750. The third-order valence-corrected chi connectivity index (χ3v) is 3.74. The quantitative estimate of drug-likeness (QED) is 0.709. The average molecular weight is 241 g/mol. The van der Waals surface area contributed by atoms with Crippen molar-refractivity contribution in [2.24, 2.45) is 0 Å². The maximum Gasteiger partial charge on any atom is 0.0948 e. The van der Waals surface area contributed by atoms with Gasteiger partial charge in [0.15, 0.2) is 0 Å². The van der Waals surface area contributed by atoms with Gasteiger partial charge in [-0.1, -0.05) is 13.8 Å². The van der Waals surface area contributed by atoms with E-state index in [4.69, 9.17) is 0 Å². The zero-order valence-electron chi connectivity index (χ0n) is 10.6. The molecule has 0 radical (unpaired) electrons. The number of hydrogen-bond acceptors (Lipinski definition) is 3. The van der Waals surface area contributed by atoms with Crippen LogP contribution in [0.1, 0.15) is 32.4 Å². The third kappa shape index (κ3) is 4.58. The van der Waals surface area contributed by atoms with Gasteiger partial charge in [0.25, 0.3) is 0 Å². The van der Waals surface area contributed by atoms with E-state index in [-0.39, 0.29) is 0 Å². The molecule has 0 aromatic carbocycles. The Bertz CT molecular complexity index is 286. The molecule has 1 aromatic heterocycles. The highest BCUT2D eigenvalue weighted by Crippen LogP contribution is 2.08. The summed E-state index contributed by atoms with van der Waals surface area (Å²) in [5.41, 5.74) is 1.29. The first-order valence-corrected chi connectivity index (χ1v) is 7.29. The molecule has 1 aromatic rings. The number of rotatable bonds is 8. The van der Waals surface area contributed by atoms with E-state index < -0.39 is 0 Å². The van der Waals surface area contributed by atoms with Gasteiger partial charge in [0.1, 0.15) is 0 Å². The summed E-state index contributed by atoms with van der Waals surface area (Å²) < 4.78 is 2.23. The highest BCUT2D eigenvalue weighted by Gasteiger charge is 2.02. The van der Waals surface area contributed by atoms with Crippen LogP contribution in [0, 0.1) is 0 Å². The Labute approximate surface area is 103 Å². The average Bonchev–Trinajstić information content (AvgIpc) is 2.72. The van der Waals surface area contributed by atoms with E-state index in [9.17, 15) is 0 Å². The van der Waals surface area contributed by atoms with Gasteiger partial charge >= 0.3 is 0 Å². The predicted molar refractivity (Wildman–Crippen MR) is 71.8 cm³/mol. The number of aromatic nitrogens is 2. The van der Waals surface area contributed by atoms with Gasteiger partial charge in [-0.25, -0.2) is 4.98 Å². The van der Waals surface area contributed by atoms with Crippen molar-refractivity contribution in [3.05, 3.63) is 18.2 Å². The summed E-state index contributed by atoms with van der Waals surface area (Å²) in [4.78, 5) is 4.19. The lowest BCUT2D eigenvalue weighted by atomic mass is 10.3. The smallest absolute Gasteiger partial charge is 0.0948 e. The number of imidazole rings is 1. The molecule has 1 N–H and O–H groups in total. The molecule has 0 bridgehead atoms. The van der Waals surface area contributed by atoms with Crippen molar-refractivity contribution in [1.82, 2.24) is 14.9 Å². The van der Waals surface area contributed by atoms with Crippen molar-refractivity contribution in [1.29, 1.82) is 0 Å². The minimum Gasteiger partial charge on any atom is -0.333 e. The number of hydrogen-bond donors (Lipinski definition) is 1. The number of nitrogens with one attached hydrogen (secondary N) is 1. The Morgan fingerprint density at radius 3 is 3.06 bits per heavy atom. The molecule has 0 aliphatic rings. The highest BCUT2D eigenvalue weighted by molar-refractivity contribution is 7.99. The van der Waals surface area contributed by atoms with Gasteiger partial charge in [-0.2, -0.15) is 11.8 Å². The number of aryl methyl sites for hydroxylation is 1. The molecule has 1 rings (SSSR count). The molecule has 1 atom stereocenters. The summed E-state index contributed by atoms with van der Waals surface area (Å²) in [7, 11) is 0. The van der Waals surface area contributed by atoms with Crippen LogP contribution in [0.25, 0.3) is 0 Å². The van der Waals surface area contributed by atoms with Gasteiger partial charge < -0.3 is 9.88 Å². The van der Waals surface area contributed by atoms with Crippen LogP contribution in [0.3, 0.4) is 0 Å². The zero-order valence-corrected chi connectivity index (χ0v) is 11.4. The molecule has 0 aliphatic carbocycles. The second-order valence-corrected chi connectivity index (χ2v) is 5.37. The molecule has 0 amide bonds. The second-order valence-electron chi connectivity index (χ2n) is 4.09. The van der Waals surface area contributed by atoms with Crippen molar-refractivity contribution in [2.75, 3.05) is 12.8 Å². The van der Waals surface area contributed by atoms with Crippen LogP contribution in [0.15, 0.2) is 12.5 Å². The van der Waals surface area contributed by atoms with Crippen LogP contribution in [0.2, 0.25) is 0 Å². The molecule has 0 saturated heterocycles. The van der Waals surface area contributed by atoms with Crippen molar-refractivity contribution in [3.63, 3.8) is 0 Å². The fourth-order valence-corrected chi connectivity index (χ4v) is 1.93. The molecular weight excluding hydrogens is 218 g/mol. The van der Waals surface area contributed by atoms with Crippen LogP contribution >= 0.6 is 11.8 Å². The lowest BCUT2D eigenvalue weighted by molar-refractivity contribution is 0.589. The van der Waals surface area contributed by atoms with Crippen LogP contribution in [-0.4, -0.2) is 27.6 Å². The lowest BCUT2D eigenvalue weighted by Gasteiger charge is -2.10. The summed E-state index contributed by atoms with van der Waals surface area (Å²) in [5, 5.41) is 4.22. The third-order valence-electron chi connectivity index (χ3n) is 2.70. The Morgan fingerprint density at radius 1 is 1.56 bits per heavy atom. The van der Waals surface area contributed by atoms with Crippen LogP contribution in [-0.2, 0) is 13.1 Å². The highest BCUT2D eigenvalue weighted by atomic mass is 32.2. The van der Waals surface area contributed by atoms with Crippen molar-refractivity contribution in [3.8, 4) is 0 Å². The Kier molecular flexibility index (Phi) is 6.57. The van der Waals surface area contributed by atoms with Crippen molar-refractivity contribution in [2.45, 2.75) is 45.0 Å². The number of thioether (sulfide) groups is 1. The molecule has 1 unspecified atom stereocenters. The monoisotopic (exact) mass is 241 g/mol. The van der Waals surface area contributed by atoms with E-state index in [1.54, 1.807) is 0 Å². The first kappa shape index (κ1) is 13.6. The molecule has 0 fully saturated rings. The van der Waals surface area contributed by atoms with Gasteiger partial charge in [0, 0.05) is 24.5 Å². The van der Waals surface area contributed by atoms with Crippen LogP contribution < -0.4 is 5.32 Å². The normalized spacial score (nSPS) is 12.9. The summed E-state index contributed by atoms with van der Waals surface area (Å²) >= 11 is 1.93. The maximum atomic E-state index is 4.19. The summed E-state index contributed by atoms with van der Waals surface area (Å²) in [6.07, 6.45) is 8.43. The van der Waals surface area contributed by atoms with E-state index in [0.29, 0.717) is 0 Å². The first-order chi connectivity index (χ1) is 7.77.